The first-order chi connectivity index (χ1) is 11.9. The molecule has 3 rings (SSSR count). The highest BCUT2D eigenvalue weighted by atomic mass is 35.5. The van der Waals surface area contributed by atoms with Crippen LogP contribution in [0.1, 0.15) is 19.4 Å². The highest BCUT2D eigenvalue weighted by Gasteiger charge is 2.39. The van der Waals surface area contributed by atoms with Crippen molar-refractivity contribution in [2.24, 2.45) is 5.92 Å². The summed E-state index contributed by atoms with van der Waals surface area (Å²) in [5.74, 6) is -0.0653. The van der Waals surface area contributed by atoms with Crippen LogP contribution in [-0.4, -0.2) is 43.2 Å². The first kappa shape index (κ1) is 17.8. The fourth-order valence-corrected chi connectivity index (χ4v) is 3.35. The Morgan fingerprint density at radius 1 is 1.36 bits per heavy atom. The lowest BCUT2D eigenvalue weighted by Crippen LogP contribution is -3.19. The lowest BCUT2D eigenvalue weighted by Gasteiger charge is -2.34. The number of quaternary nitrogens is 1. The van der Waals surface area contributed by atoms with Gasteiger partial charge in [-0.2, -0.15) is 0 Å². The number of halogens is 1. The van der Waals surface area contributed by atoms with E-state index in [2.05, 4.69) is 0 Å². The number of carbonyl (C=O) groups is 1. The number of hydrogen-bond donors (Lipinski definition) is 1. The lowest BCUT2D eigenvalue weighted by atomic mass is 9.94. The number of morpholine rings is 1. The molecular weight excluding hydrogens is 348 g/mol. The van der Waals surface area contributed by atoms with Gasteiger partial charge in [-0.3, -0.25) is 19.8 Å². The van der Waals surface area contributed by atoms with Crippen LogP contribution in [0.3, 0.4) is 0 Å². The molecule has 0 aliphatic carbocycles. The summed E-state index contributed by atoms with van der Waals surface area (Å²) in [6, 6.07) is 2.86. The first-order valence-electron chi connectivity index (χ1n) is 8.21. The van der Waals surface area contributed by atoms with Crippen LogP contribution in [0.25, 0.3) is 6.08 Å². The molecule has 1 saturated heterocycles. The van der Waals surface area contributed by atoms with E-state index in [1.165, 1.54) is 6.07 Å². The monoisotopic (exact) mass is 367 g/mol. The molecule has 2 aliphatic heterocycles. The number of nitro groups is 1. The largest absolute Gasteiger partial charge is 0.430 e. The Morgan fingerprint density at radius 3 is 2.64 bits per heavy atom. The quantitative estimate of drug-likeness (QED) is 0.644. The van der Waals surface area contributed by atoms with Crippen LogP contribution >= 0.6 is 11.6 Å². The molecule has 2 heterocycles. The molecule has 134 valence electrons. The van der Waals surface area contributed by atoms with Gasteiger partial charge in [-0.1, -0.05) is 25.4 Å². The van der Waals surface area contributed by atoms with Crippen LogP contribution in [0.5, 0.6) is 5.75 Å². The van der Waals surface area contributed by atoms with E-state index in [1.54, 1.807) is 12.1 Å². The van der Waals surface area contributed by atoms with Crippen molar-refractivity contribution in [1.82, 2.24) is 0 Å². The van der Waals surface area contributed by atoms with Gasteiger partial charge in [-0.25, -0.2) is 0 Å². The molecule has 25 heavy (non-hydrogen) atoms. The van der Waals surface area contributed by atoms with Crippen LogP contribution in [0, 0.1) is 16.0 Å². The zero-order valence-corrected chi connectivity index (χ0v) is 14.8. The van der Waals surface area contributed by atoms with Gasteiger partial charge in [-0.05, 0) is 12.1 Å². The second-order valence-electron chi connectivity index (χ2n) is 6.49. The Labute approximate surface area is 150 Å². The molecule has 1 fully saturated rings. The van der Waals surface area contributed by atoms with Gasteiger partial charge in [0.05, 0.1) is 23.7 Å². The molecule has 7 nitrogen and oxygen atoms in total. The minimum Gasteiger partial charge on any atom is -0.430 e. The van der Waals surface area contributed by atoms with E-state index in [0.29, 0.717) is 37.4 Å². The smallest absolute Gasteiger partial charge is 0.313 e. The zero-order chi connectivity index (χ0) is 18.1. The molecule has 0 radical (unpaired) electrons. The summed E-state index contributed by atoms with van der Waals surface area (Å²) in [4.78, 5) is 24.6. The molecule has 0 unspecified atom stereocenters. The van der Waals surface area contributed by atoms with Crippen LogP contribution in [0.15, 0.2) is 17.7 Å². The fraction of sp³-hybridized carbons (Fsp3) is 0.471. The van der Waals surface area contributed by atoms with Crippen molar-refractivity contribution in [1.29, 1.82) is 0 Å². The topological polar surface area (TPSA) is 83.1 Å². The van der Waals surface area contributed by atoms with E-state index >= 15 is 0 Å². The van der Waals surface area contributed by atoms with Crippen molar-refractivity contribution >= 4 is 29.1 Å². The second kappa shape index (κ2) is 7.11. The zero-order valence-electron chi connectivity index (χ0n) is 14.1. The predicted molar refractivity (Wildman–Crippen MR) is 91.9 cm³/mol. The summed E-state index contributed by atoms with van der Waals surface area (Å²) in [7, 11) is 0. The summed E-state index contributed by atoms with van der Waals surface area (Å²) in [6.07, 6.45) is 1.11. The highest BCUT2D eigenvalue weighted by Crippen LogP contribution is 2.39. The van der Waals surface area contributed by atoms with Crippen molar-refractivity contribution < 1.29 is 24.1 Å². The van der Waals surface area contributed by atoms with E-state index in [9.17, 15) is 14.9 Å². The molecule has 1 aromatic carbocycles. The molecule has 0 bridgehead atoms. The summed E-state index contributed by atoms with van der Waals surface area (Å²) in [5, 5.41) is 11.6. The number of nitro benzene ring substituents is 1. The number of fused-ring (bicyclic) bond motifs is 1. The third-order valence-corrected chi connectivity index (χ3v) is 4.62. The molecule has 1 N–H and O–H groups in total. The molecule has 0 amide bonds. The normalized spacial score (nSPS) is 20.6. The van der Waals surface area contributed by atoms with Gasteiger partial charge in [0.25, 0.3) is 6.23 Å². The average Bonchev–Trinajstić information content (AvgIpc) is 2.59. The SMILES string of the molecule is CC(C)C(=O)C1=Cc2cc(Cl)cc([N+](=O)[O-])c2O[C@@H]1[NH+]1CCOCC1. The number of nitrogens with one attached hydrogen (secondary N) is 1. The number of ketones is 1. The van der Waals surface area contributed by atoms with Crippen molar-refractivity contribution in [2.45, 2.75) is 20.1 Å². The van der Waals surface area contributed by atoms with Crippen molar-refractivity contribution in [3.05, 3.63) is 38.4 Å². The first-order valence-corrected chi connectivity index (χ1v) is 8.59. The number of Topliss-reactive ketones (excluding diaryl/α,β-unsaturated/α-hetero) is 1. The minimum absolute atomic E-state index is 0.0303. The van der Waals surface area contributed by atoms with Crippen LogP contribution < -0.4 is 9.64 Å². The van der Waals surface area contributed by atoms with E-state index in [1.807, 2.05) is 13.8 Å². The van der Waals surface area contributed by atoms with Gasteiger partial charge in [0.1, 0.15) is 13.1 Å². The number of ether oxygens (including phenoxy) is 2. The maximum atomic E-state index is 12.7. The molecular formula is C17H20ClN2O5+. The van der Waals surface area contributed by atoms with Crippen LogP contribution in [-0.2, 0) is 9.53 Å². The Morgan fingerprint density at radius 2 is 2.04 bits per heavy atom. The summed E-state index contributed by atoms with van der Waals surface area (Å²) < 4.78 is 11.4. The Hall–Kier alpha value is -1.96. The van der Waals surface area contributed by atoms with Crippen LogP contribution in [0.4, 0.5) is 5.69 Å². The molecule has 0 spiro atoms. The van der Waals surface area contributed by atoms with Gasteiger partial charge in [0.2, 0.25) is 5.75 Å². The van der Waals surface area contributed by atoms with E-state index in [0.717, 1.165) is 4.90 Å². The molecule has 0 aromatic heterocycles. The van der Waals surface area contributed by atoms with Gasteiger partial charge >= 0.3 is 5.69 Å². The average molecular weight is 368 g/mol. The number of nitrogens with zero attached hydrogens (tertiary/aromatic N) is 1. The number of carbonyl (C=O) groups excluding carboxylic acids is 1. The standard InChI is InChI=1S/C17H19ClN2O5/c1-10(2)15(21)13-8-11-7-12(18)9-14(20(22)23)16(11)25-17(13)19-3-5-24-6-4-19/h7-10,17H,3-6H2,1-2H3/p+1/t17-/m0/s1. The Balaban J connectivity index is 2.10. The highest BCUT2D eigenvalue weighted by molar-refractivity contribution is 6.31. The second-order valence-corrected chi connectivity index (χ2v) is 6.92. The number of rotatable bonds is 4. The predicted octanol–water partition coefficient (Wildman–Crippen LogP) is 1.49. The number of hydrogen-bond acceptors (Lipinski definition) is 5. The van der Waals surface area contributed by atoms with Crippen LogP contribution in [0.2, 0.25) is 5.02 Å². The van der Waals surface area contributed by atoms with Gasteiger partial charge in [-0.15, -0.1) is 0 Å². The molecule has 1 atom stereocenters. The summed E-state index contributed by atoms with van der Waals surface area (Å²) in [6.45, 7) is 6.12. The third-order valence-electron chi connectivity index (χ3n) is 4.40. The molecule has 8 heteroatoms. The van der Waals surface area contributed by atoms with Crippen molar-refractivity contribution in [2.75, 3.05) is 26.3 Å². The number of benzene rings is 1. The Bertz CT molecular complexity index is 741. The fourth-order valence-electron chi connectivity index (χ4n) is 3.13. The maximum absolute atomic E-state index is 12.7. The molecule has 2 aliphatic rings. The summed E-state index contributed by atoms with van der Waals surface area (Å²) in [5.41, 5.74) is 0.801. The molecule has 0 saturated carbocycles. The lowest BCUT2D eigenvalue weighted by molar-refractivity contribution is -0.944. The van der Waals surface area contributed by atoms with Gasteiger partial charge in [0.15, 0.2) is 5.78 Å². The van der Waals surface area contributed by atoms with Gasteiger partial charge in [0, 0.05) is 22.6 Å². The van der Waals surface area contributed by atoms with Gasteiger partial charge < -0.3 is 9.47 Å². The maximum Gasteiger partial charge on any atom is 0.313 e. The third kappa shape index (κ3) is 3.53. The summed E-state index contributed by atoms with van der Waals surface area (Å²) >= 11 is 6.00. The van der Waals surface area contributed by atoms with E-state index in [-0.39, 0.29) is 28.2 Å². The minimum atomic E-state index is -0.578. The van der Waals surface area contributed by atoms with E-state index < -0.39 is 11.2 Å². The van der Waals surface area contributed by atoms with Crippen molar-refractivity contribution in [3.63, 3.8) is 0 Å². The molecule has 1 aromatic rings. The van der Waals surface area contributed by atoms with Crippen molar-refractivity contribution in [3.8, 4) is 5.75 Å². The Kier molecular flexibility index (Phi) is 5.08. The van der Waals surface area contributed by atoms with E-state index in [4.69, 9.17) is 21.1 Å².